The van der Waals surface area contributed by atoms with E-state index in [1.807, 2.05) is 6.92 Å². The molecule has 1 unspecified atom stereocenters. The van der Waals surface area contributed by atoms with Gasteiger partial charge in [-0.1, -0.05) is 6.92 Å². The maximum absolute atomic E-state index is 12.9. The quantitative estimate of drug-likeness (QED) is 0.633. The molecule has 0 aromatic carbocycles. The molecule has 1 aliphatic heterocycles. The van der Waals surface area contributed by atoms with Crippen molar-refractivity contribution >= 4 is 11.8 Å². The van der Waals surface area contributed by atoms with Crippen LogP contribution in [0.1, 0.15) is 56.3 Å². The van der Waals surface area contributed by atoms with Crippen molar-refractivity contribution in [2.75, 3.05) is 6.61 Å². The van der Waals surface area contributed by atoms with E-state index in [1.54, 1.807) is 13.0 Å². The molecule has 26 heavy (non-hydrogen) atoms. The maximum atomic E-state index is 12.9. The second kappa shape index (κ2) is 5.67. The molecule has 6 nitrogen and oxygen atoms in total. The first-order valence-electron chi connectivity index (χ1n) is 9.35. The Hall–Kier alpha value is -1.66. The van der Waals surface area contributed by atoms with E-state index in [0.717, 1.165) is 0 Å². The molecule has 1 saturated heterocycles. The van der Waals surface area contributed by atoms with Gasteiger partial charge in [0.05, 0.1) is 36.1 Å². The Labute approximate surface area is 152 Å². The summed E-state index contributed by atoms with van der Waals surface area (Å²) in [6, 6.07) is 1.63. The highest BCUT2D eigenvalue weighted by Crippen LogP contribution is 2.66. The molecule has 2 heterocycles. The lowest BCUT2D eigenvalue weighted by atomic mass is 9.43. The third-order valence-electron chi connectivity index (χ3n) is 7.74. The van der Waals surface area contributed by atoms with Crippen molar-refractivity contribution in [3.05, 3.63) is 24.2 Å². The summed E-state index contributed by atoms with van der Waals surface area (Å²) in [4.78, 5) is 25.3. The Balaban J connectivity index is 1.76. The number of cyclic esters (lactones) is 1. The van der Waals surface area contributed by atoms with Crippen LogP contribution in [0.5, 0.6) is 0 Å². The second-order valence-electron chi connectivity index (χ2n) is 8.75. The third-order valence-corrected chi connectivity index (χ3v) is 7.74. The van der Waals surface area contributed by atoms with Crippen LogP contribution >= 0.6 is 0 Å². The second-order valence-corrected chi connectivity index (χ2v) is 8.75. The predicted molar refractivity (Wildman–Crippen MR) is 91.2 cm³/mol. The molecule has 1 aromatic heterocycles. The predicted octanol–water partition coefficient (Wildman–Crippen LogP) is 2.33. The van der Waals surface area contributed by atoms with Gasteiger partial charge in [-0.2, -0.15) is 0 Å². The van der Waals surface area contributed by atoms with Gasteiger partial charge in [-0.15, -0.1) is 0 Å². The average Bonchev–Trinajstić information content (AvgIpc) is 3.22. The minimum Gasteiger partial charge on any atom is -0.472 e. The van der Waals surface area contributed by atoms with Gasteiger partial charge in [-0.05, 0) is 44.6 Å². The van der Waals surface area contributed by atoms with Crippen molar-refractivity contribution in [2.24, 2.45) is 22.7 Å². The Kier molecular flexibility index (Phi) is 3.87. The number of Topliss-reactive ketones (excluding diaryl/α,β-unsaturated/α-hetero) is 1. The first-order valence-corrected chi connectivity index (χ1v) is 9.35. The first kappa shape index (κ1) is 17.7. The number of ether oxygens (including phenoxy) is 1. The number of furan rings is 1. The van der Waals surface area contributed by atoms with Gasteiger partial charge in [-0.25, -0.2) is 0 Å². The van der Waals surface area contributed by atoms with Crippen molar-refractivity contribution in [3.63, 3.8) is 0 Å². The number of carbonyl (C=O) groups is 2. The average molecular weight is 362 g/mol. The van der Waals surface area contributed by atoms with Gasteiger partial charge in [0.25, 0.3) is 0 Å². The van der Waals surface area contributed by atoms with E-state index in [-0.39, 0.29) is 36.6 Å². The maximum Gasteiger partial charge on any atom is 0.309 e. The fourth-order valence-corrected chi connectivity index (χ4v) is 5.96. The molecule has 2 N–H and O–H groups in total. The zero-order valence-electron chi connectivity index (χ0n) is 15.2. The topological polar surface area (TPSA) is 97.0 Å². The molecule has 0 amide bonds. The molecule has 0 bridgehead atoms. The van der Waals surface area contributed by atoms with E-state index in [0.29, 0.717) is 31.2 Å². The summed E-state index contributed by atoms with van der Waals surface area (Å²) in [5, 5.41) is 21.6. The zero-order valence-corrected chi connectivity index (χ0v) is 15.2. The summed E-state index contributed by atoms with van der Waals surface area (Å²) in [6.45, 7) is 3.88. The normalized spacial score (nSPS) is 44.9. The standard InChI is InChI=1S/C20H26O6/c1-18-7-5-13-17(23)26-11-20(13,9-14(21)12-6-8-25-10-12)15(18)3-4-16(22)19(18,2)24/h6,8,10,13,15-16,22,24H,3-5,7,9,11H2,1-2H3/t13-,15?,16+,18+,19-,20+/m0/s1. The number of hydrogen-bond donors (Lipinski definition) is 2. The third kappa shape index (κ3) is 2.18. The van der Waals surface area contributed by atoms with E-state index < -0.39 is 22.5 Å². The van der Waals surface area contributed by atoms with E-state index in [1.165, 1.54) is 12.5 Å². The molecule has 6 atom stereocenters. The molecule has 0 radical (unpaired) electrons. The molecule has 0 spiro atoms. The first-order chi connectivity index (χ1) is 12.2. The Morgan fingerprint density at radius 1 is 1.31 bits per heavy atom. The number of carbonyl (C=O) groups excluding carboxylic acids is 2. The highest BCUT2D eigenvalue weighted by molar-refractivity contribution is 5.96. The summed E-state index contributed by atoms with van der Waals surface area (Å²) in [5.74, 6) is -0.716. The van der Waals surface area contributed by atoms with Crippen LogP contribution in [0, 0.1) is 22.7 Å². The smallest absolute Gasteiger partial charge is 0.309 e. The molecule has 142 valence electrons. The fraction of sp³-hybridized carbons (Fsp3) is 0.700. The SMILES string of the molecule is C[C@]1(O)[C@H](O)CCC2[C@]3(CC(=O)c4ccoc4)COC(=O)[C@@H]3CC[C@]21C. The summed E-state index contributed by atoms with van der Waals surface area (Å²) < 4.78 is 10.5. The lowest BCUT2D eigenvalue weighted by molar-refractivity contribution is -0.232. The lowest BCUT2D eigenvalue weighted by Gasteiger charge is -2.62. The monoisotopic (exact) mass is 362 g/mol. The Morgan fingerprint density at radius 2 is 2.08 bits per heavy atom. The highest BCUT2D eigenvalue weighted by Gasteiger charge is 2.68. The van der Waals surface area contributed by atoms with Gasteiger partial charge in [0, 0.05) is 17.3 Å². The number of ketones is 1. The molecule has 2 saturated carbocycles. The Morgan fingerprint density at radius 3 is 2.77 bits per heavy atom. The van der Waals surface area contributed by atoms with Crippen LogP contribution in [-0.4, -0.2) is 40.3 Å². The van der Waals surface area contributed by atoms with Gasteiger partial charge in [0.15, 0.2) is 5.78 Å². The van der Waals surface area contributed by atoms with Crippen LogP contribution in [-0.2, 0) is 9.53 Å². The number of aliphatic hydroxyl groups is 2. The van der Waals surface area contributed by atoms with E-state index in [4.69, 9.17) is 9.15 Å². The molecule has 1 aromatic rings. The summed E-state index contributed by atoms with van der Waals surface area (Å²) in [6.07, 6.45) is 4.58. The molecular formula is C20H26O6. The van der Waals surface area contributed by atoms with E-state index in [2.05, 4.69) is 0 Å². The van der Waals surface area contributed by atoms with Crippen molar-refractivity contribution in [2.45, 2.75) is 57.7 Å². The van der Waals surface area contributed by atoms with Crippen LogP contribution in [0.2, 0.25) is 0 Å². The summed E-state index contributed by atoms with van der Waals surface area (Å²) >= 11 is 0. The number of hydrogen-bond acceptors (Lipinski definition) is 6. The fourth-order valence-electron chi connectivity index (χ4n) is 5.96. The van der Waals surface area contributed by atoms with Crippen LogP contribution in [0.4, 0.5) is 0 Å². The lowest BCUT2D eigenvalue weighted by Crippen LogP contribution is -2.66. The zero-order chi connectivity index (χ0) is 18.7. The van der Waals surface area contributed by atoms with E-state index >= 15 is 0 Å². The van der Waals surface area contributed by atoms with Crippen LogP contribution in [0.15, 0.2) is 23.0 Å². The van der Waals surface area contributed by atoms with Gasteiger partial charge in [-0.3, -0.25) is 9.59 Å². The summed E-state index contributed by atoms with van der Waals surface area (Å²) in [7, 11) is 0. The molecule has 3 aliphatic rings. The van der Waals surface area contributed by atoms with Gasteiger partial charge in [0.2, 0.25) is 0 Å². The minimum absolute atomic E-state index is 0.0722. The largest absolute Gasteiger partial charge is 0.472 e. The van der Waals surface area contributed by atoms with Crippen molar-refractivity contribution in [1.82, 2.24) is 0 Å². The van der Waals surface area contributed by atoms with Crippen LogP contribution in [0.25, 0.3) is 0 Å². The highest BCUT2D eigenvalue weighted by atomic mass is 16.5. The van der Waals surface area contributed by atoms with Gasteiger partial charge >= 0.3 is 5.97 Å². The Bertz CT molecular complexity index is 723. The molecule has 4 rings (SSSR count). The van der Waals surface area contributed by atoms with Gasteiger partial charge in [0.1, 0.15) is 6.26 Å². The minimum atomic E-state index is -1.27. The van der Waals surface area contributed by atoms with Crippen molar-refractivity contribution in [3.8, 4) is 0 Å². The number of aliphatic hydroxyl groups excluding tert-OH is 1. The number of esters is 1. The molecule has 2 aliphatic carbocycles. The number of rotatable bonds is 3. The molecule has 3 fully saturated rings. The molecule has 6 heteroatoms. The van der Waals surface area contributed by atoms with Crippen LogP contribution in [0.3, 0.4) is 0 Å². The van der Waals surface area contributed by atoms with Gasteiger partial charge < -0.3 is 19.4 Å². The van der Waals surface area contributed by atoms with Crippen LogP contribution < -0.4 is 0 Å². The van der Waals surface area contributed by atoms with Crippen molar-refractivity contribution < 1.29 is 29.0 Å². The number of fused-ring (bicyclic) bond motifs is 3. The van der Waals surface area contributed by atoms with E-state index in [9.17, 15) is 19.8 Å². The van der Waals surface area contributed by atoms with Crippen molar-refractivity contribution in [1.29, 1.82) is 0 Å². The summed E-state index contributed by atoms with van der Waals surface area (Å²) in [5.41, 5.74) is -1.99. The molecular weight excluding hydrogens is 336 g/mol.